The number of amides is 1. The van der Waals surface area contributed by atoms with Crippen molar-refractivity contribution in [3.63, 3.8) is 0 Å². The summed E-state index contributed by atoms with van der Waals surface area (Å²) >= 11 is 0. The van der Waals surface area contributed by atoms with Crippen LogP contribution in [0.3, 0.4) is 0 Å². The monoisotopic (exact) mass is 552 g/mol. The van der Waals surface area contributed by atoms with Crippen molar-refractivity contribution < 1.29 is 19.4 Å². The number of aromatic nitrogens is 4. The third kappa shape index (κ3) is 5.95. The molecule has 0 bridgehead atoms. The lowest BCUT2D eigenvalue weighted by atomic mass is 10.1. The van der Waals surface area contributed by atoms with E-state index in [4.69, 9.17) is 9.72 Å². The van der Waals surface area contributed by atoms with Crippen LogP contribution in [0, 0.1) is 0 Å². The van der Waals surface area contributed by atoms with Crippen molar-refractivity contribution in [1.82, 2.24) is 24.0 Å². The highest BCUT2D eigenvalue weighted by Gasteiger charge is 2.29. The van der Waals surface area contributed by atoms with E-state index in [1.807, 2.05) is 24.0 Å². The normalized spacial score (nSPS) is 16.0. The highest BCUT2D eigenvalue weighted by Crippen LogP contribution is 2.24. The lowest BCUT2D eigenvalue weighted by Gasteiger charge is -2.34. The molecular weight excluding hydrogens is 516 g/mol. The van der Waals surface area contributed by atoms with Gasteiger partial charge in [-0.25, -0.2) is 9.59 Å². The molecule has 2 N–H and O–H groups in total. The fourth-order valence-electron chi connectivity index (χ4n) is 4.81. The Labute approximate surface area is 231 Å². The average Bonchev–Trinajstić information content (AvgIpc) is 3.27. The van der Waals surface area contributed by atoms with Gasteiger partial charge in [0.2, 0.25) is 5.95 Å². The summed E-state index contributed by atoms with van der Waals surface area (Å²) in [6.45, 7) is 8.12. The third-order valence-electron chi connectivity index (χ3n) is 6.67. The average molecular weight is 553 g/mol. The second kappa shape index (κ2) is 11.4. The van der Waals surface area contributed by atoms with E-state index in [0.717, 1.165) is 17.4 Å². The molecule has 1 atom stereocenters. The second-order valence-electron chi connectivity index (χ2n) is 10.9. The number of Topliss-reactive ketones (excluding diaryl/α,β-unsaturated/α-hetero) is 1. The maximum atomic E-state index is 13.7. The van der Waals surface area contributed by atoms with Crippen molar-refractivity contribution in [2.24, 2.45) is 7.05 Å². The van der Waals surface area contributed by atoms with Crippen molar-refractivity contribution in [3.8, 4) is 5.75 Å². The summed E-state index contributed by atoms with van der Waals surface area (Å²) in [5, 5.41) is 13.0. The number of phenolic OH excluding ortho intramolecular Hbond substituents is 1. The highest BCUT2D eigenvalue weighted by atomic mass is 16.6. The number of ketones is 1. The molecule has 1 saturated heterocycles. The number of alkyl carbamates (subject to hydrolysis) is 1. The Bertz CT molecular complexity index is 1570. The molecule has 1 aliphatic heterocycles. The minimum absolute atomic E-state index is 0.0245. The number of nitrogens with zero attached hydrogens (tertiary/aromatic N) is 5. The fourth-order valence-corrected chi connectivity index (χ4v) is 4.81. The Balaban J connectivity index is 1.74. The van der Waals surface area contributed by atoms with Gasteiger partial charge in [0.25, 0.3) is 5.56 Å². The molecule has 1 aromatic carbocycles. The van der Waals surface area contributed by atoms with Gasteiger partial charge in [-0.05, 0) is 52.7 Å². The van der Waals surface area contributed by atoms with Crippen LogP contribution in [0.25, 0.3) is 11.2 Å². The summed E-state index contributed by atoms with van der Waals surface area (Å²) in [7, 11) is 1.50. The van der Waals surface area contributed by atoms with E-state index in [-0.39, 0.29) is 28.5 Å². The molecule has 4 rings (SSSR count). The minimum atomic E-state index is -0.688. The predicted octanol–water partition coefficient (Wildman–Crippen LogP) is 2.55. The molecule has 1 aliphatic rings. The lowest BCUT2D eigenvalue weighted by molar-refractivity contribution is 0.0499. The maximum absolute atomic E-state index is 13.7. The number of carbonyl (C=O) groups excluding carboxylic acids is 2. The zero-order chi connectivity index (χ0) is 29.2. The molecule has 214 valence electrons. The lowest BCUT2D eigenvalue weighted by Crippen LogP contribution is -2.49. The summed E-state index contributed by atoms with van der Waals surface area (Å²) in [5.74, 6) is -0.303. The molecule has 2 aromatic heterocycles. The standard InChI is InChI=1S/C28H36N6O6/c1-6-7-15-33-22-23(30-25(33)32-14-10-11-18(16-32)29-26(38)40-28(2,3)4)31(5)27(39)34(24(22)37)17-21(36)19-12-8-9-13-20(19)35/h6-9,12-13,18,35H,10-11,14-17H2,1-5H3,(H,29,38). The van der Waals surface area contributed by atoms with Crippen molar-refractivity contribution in [3.05, 3.63) is 62.8 Å². The first-order chi connectivity index (χ1) is 18.9. The highest BCUT2D eigenvalue weighted by molar-refractivity contribution is 5.98. The third-order valence-corrected chi connectivity index (χ3v) is 6.67. The van der Waals surface area contributed by atoms with Gasteiger partial charge >= 0.3 is 11.8 Å². The van der Waals surface area contributed by atoms with Crippen LogP contribution < -0.4 is 21.5 Å². The number of fused-ring (bicyclic) bond motifs is 1. The number of ether oxygens (including phenoxy) is 1. The maximum Gasteiger partial charge on any atom is 0.407 e. The molecule has 1 unspecified atom stereocenters. The largest absolute Gasteiger partial charge is 0.507 e. The Morgan fingerprint density at radius 1 is 1.20 bits per heavy atom. The molecule has 0 spiro atoms. The summed E-state index contributed by atoms with van der Waals surface area (Å²) in [6, 6.07) is 5.80. The molecule has 12 heteroatoms. The number of rotatable bonds is 7. The van der Waals surface area contributed by atoms with Gasteiger partial charge in [0.05, 0.1) is 12.1 Å². The first-order valence-corrected chi connectivity index (χ1v) is 13.3. The minimum Gasteiger partial charge on any atom is -0.507 e. The SMILES string of the molecule is CC=CCn1c(N2CCCC(NC(=O)OC(C)(C)C)C2)nc2c1c(=O)n(CC(=O)c1ccccc1O)c(=O)n2C. The van der Waals surface area contributed by atoms with E-state index in [9.17, 15) is 24.3 Å². The van der Waals surface area contributed by atoms with E-state index in [1.165, 1.54) is 23.7 Å². The topological polar surface area (TPSA) is 141 Å². The van der Waals surface area contributed by atoms with Crippen LogP contribution in [0.15, 0.2) is 46.0 Å². The van der Waals surface area contributed by atoms with Crippen LogP contribution in [0.1, 0.15) is 50.9 Å². The smallest absolute Gasteiger partial charge is 0.407 e. The number of allylic oxidation sites excluding steroid dienone is 2. The molecule has 40 heavy (non-hydrogen) atoms. The van der Waals surface area contributed by atoms with Crippen LogP contribution in [0.5, 0.6) is 5.75 Å². The number of aromatic hydroxyl groups is 1. The number of aryl methyl sites for hydroxylation is 1. The molecule has 12 nitrogen and oxygen atoms in total. The van der Waals surface area contributed by atoms with Crippen LogP contribution in [-0.4, -0.2) is 60.4 Å². The number of phenols is 1. The number of carbonyl (C=O) groups is 2. The molecule has 0 radical (unpaired) electrons. The summed E-state index contributed by atoms with van der Waals surface area (Å²) in [6.07, 6.45) is 4.74. The molecule has 0 aliphatic carbocycles. The van der Waals surface area contributed by atoms with Gasteiger partial charge in [-0.1, -0.05) is 24.3 Å². The predicted molar refractivity (Wildman–Crippen MR) is 151 cm³/mol. The van der Waals surface area contributed by atoms with E-state index < -0.39 is 35.3 Å². The number of nitrogens with one attached hydrogen (secondary N) is 1. The number of benzene rings is 1. The number of hydrogen-bond acceptors (Lipinski definition) is 8. The Hall–Kier alpha value is -4.35. The summed E-state index contributed by atoms with van der Waals surface area (Å²) in [5.41, 5.74) is -1.55. The van der Waals surface area contributed by atoms with Gasteiger partial charge in [0.1, 0.15) is 11.4 Å². The Kier molecular flexibility index (Phi) is 8.17. The quantitative estimate of drug-likeness (QED) is 0.337. The van der Waals surface area contributed by atoms with Gasteiger partial charge in [-0.15, -0.1) is 0 Å². The van der Waals surface area contributed by atoms with Crippen molar-refractivity contribution >= 4 is 29.0 Å². The number of hydrogen-bond donors (Lipinski definition) is 2. The van der Waals surface area contributed by atoms with Crippen molar-refractivity contribution in [1.29, 1.82) is 0 Å². The molecule has 0 saturated carbocycles. The van der Waals surface area contributed by atoms with Crippen LogP contribution >= 0.6 is 0 Å². The Morgan fingerprint density at radius 2 is 1.93 bits per heavy atom. The number of para-hydroxylation sites is 1. The van der Waals surface area contributed by atoms with E-state index in [1.54, 1.807) is 37.5 Å². The van der Waals surface area contributed by atoms with Crippen LogP contribution in [-0.2, 0) is 24.9 Å². The molecule has 3 aromatic rings. The second-order valence-corrected chi connectivity index (χ2v) is 10.9. The molecular formula is C28H36N6O6. The first kappa shape index (κ1) is 28.7. The van der Waals surface area contributed by atoms with Crippen LogP contribution in [0.2, 0.25) is 0 Å². The Morgan fingerprint density at radius 3 is 2.60 bits per heavy atom. The van der Waals surface area contributed by atoms with Gasteiger partial charge < -0.3 is 24.6 Å². The van der Waals surface area contributed by atoms with E-state index in [0.29, 0.717) is 25.6 Å². The molecule has 3 heterocycles. The van der Waals surface area contributed by atoms with Gasteiger partial charge in [0, 0.05) is 32.7 Å². The van der Waals surface area contributed by atoms with E-state index in [2.05, 4.69) is 5.32 Å². The molecule has 1 amide bonds. The zero-order valence-corrected chi connectivity index (χ0v) is 23.5. The number of imidazole rings is 1. The van der Waals surface area contributed by atoms with Crippen LogP contribution in [0.4, 0.5) is 10.7 Å². The van der Waals surface area contributed by atoms with Gasteiger partial charge in [-0.2, -0.15) is 4.98 Å². The molecule has 1 fully saturated rings. The van der Waals surface area contributed by atoms with E-state index >= 15 is 0 Å². The summed E-state index contributed by atoms with van der Waals surface area (Å²) in [4.78, 5) is 59.0. The summed E-state index contributed by atoms with van der Waals surface area (Å²) < 4.78 is 9.27. The first-order valence-electron chi connectivity index (χ1n) is 13.3. The van der Waals surface area contributed by atoms with Crippen molar-refractivity contribution in [2.75, 3.05) is 18.0 Å². The number of piperidine rings is 1. The van der Waals surface area contributed by atoms with Gasteiger partial charge in [0.15, 0.2) is 16.9 Å². The van der Waals surface area contributed by atoms with Crippen molar-refractivity contribution in [2.45, 2.75) is 65.3 Å². The zero-order valence-electron chi connectivity index (χ0n) is 23.5. The number of anilines is 1. The fraction of sp³-hybridized carbons (Fsp3) is 0.464. The van der Waals surface area contributed by atoms with Gasteiger partial charge in [-0.3, -0.25) is 18.7 Å².